The molecule has 0 fully saturated rings. The number of carbonyl (C=O) groups is 1. The van der Waals surface area contributed by atoms with Crippen molar-refractivity contribution < 1.29 is 9.90 Å². The average molecular weight is 322 g/mol. The van der Waals surface area contributed by atoms with E-state index in [9.17, 15) is 9.90 Å². The molecule has 0 saturated carbocycles. The third-order valence-corrected chi connectivity index (χ3v) is 3.62. The van der Waals surface area contributed by atoms with Gasteiger partial charge in [-0.15, -0.1) is 0 Å². The Morgan fingerprint density at radius 1 is 1.00 bits per heavy atom. The zero-order valence-electron chi connectivity index (χ0n) is 13.7. The van der Waals surface area contributed by atoms with Crippen LogP contribution < -0.4 is 0 Å². The lowest BCUT2D eigenvalue weighted by Crippen LogP contribution is -1.90. The number of fused-ring (bicyclic) bond motifs is 2. The van der Waals surface area contributed by atoms with E-state index in [2.05, 4.69) is 19.9 Å². The van der Waals surface area contributed by atoms with Crippen molar-refractivity contribution in [1.29, 1.82) is 0 Å². The van der Waals surface area contributed by atoms with Gasteiger partial charge in [-0.25, -0.2) is 9.97 Å². The van der Waals surface area contributed by atoms with Crippen LogP contribution in [0, 0.1) is 13.8 Å². The van der Waals surface area contributed by atoms with Crippen LogP contribution in [0.25, 0.3) is 22.1 Å². The Kier molecular flexibility index (Phi) is 4.04. The number of hydrogen-bond acceptors (Lipinski definition) is 4. The molecule has 0 atom stereocenters. The summed E-state index contributed by atoms with van der Waals surface area (Å²) < 4.78 is 0. The highest BCUT2D eigenvalue weighted by Gasteiger charge is 2.03. The van der Waals surface area contributed by atoms with E-state index in [-0.39, 0.29) is 11.5 Å². The van der Waals surface area contributed by atoms with Crippen LogP contribution in [0.15, 0.2) is 36.4 Å². The van der Waals surface area contributed by atoms with E-state index in [0.29, 0.717) is 5.52 Å². The maximum atomic E-state index is 11.1. The van der Waals surface area contributed by atoms with Crippen molar-refractivity contribution in [3.8, 4) is 5.75 Å². The molecule has 2 aromatic heterocycles. The molecule has 6 nitrogen and oxygen atoms in total. The van der Waals surface area contributed by atoms with Gasteiger partial charge in [0.05, 0.1) is 16.6 Å². The van der Waals surface area contributed by atoms with Crippen molar-refractivity contribution in [3.05, 3.63) is 53.6 Å². The Bertz CT molecular complexity index is 1030. The number of rotatable bonds is 1. The number of aromatic amines is 2. The lowest BCUT2D eigenvalue weighted by Gasteiger charge is -1.93. The molecule has 3 N–H and O–H groups in total. The molecular weight excluding hydrogens is 304 g/mol. The van der Waals surface area contributed by atoms with Gasteiger partial charge in [0.25, 0.3) is 0 Å². The molecule has 122 valence electrons. The summed E-state index contributed by atoms with van der Waals surface area (Å²) in [5.41, 5.74) is 4.07. The molecule has 0 bridgehead atoms. The number of Topliss-reactive ketones (excluding diaryl/α,β-unsaturated/α-hetero) is 1. The molecule has 2 heterocycles. The Balaban J connectivity index is 0.000000143. The van der Waals surface area contributed by atoms with Gasteiger partial charge in [-0.2, -0.15) is 0 Å². The molecule has 0 amide bonds. The number of para-hydroxylation sites is 1. The van der Waals surface area contributed by atoms with Gasteiger partial charge in [0, 0.05) is 5.56 Å². The van der Waals surface area contributed by atoms with Crippen molar-refractivity contribution in [2.75, 3.05) is 0 Å². The minimum Gasteiger partial charge on any atom is -0.506 e. The Morgan fingerprint density at radius 2 is 1.71 bits per heavy atom. The predicted octanol–water partition coefficient (Wildman–Crippen LogP) is 3.65. The van der Waals surface area contributed by atoms with Gasteiger partial charge < -0.3 is 15.1 Å². The summed E-state index contributed by atoms with van der Waals surface area (Å²) in [6, 6.07) is 10.8. The zero-order valence-corrected chi connectivity index (χ0v) is 13.7. The molecule has 0 unspecified atom stereocenters. The quantitative estimate of drug-likeness (QED) is 0.466. The minimum atomic E-state index is 0.0779. The van der Waals surface area contributed by atoms with Crippen molar-refractivity contribution in [2.24, 2.45) is 0 Å². The van der Waals surface area contributed by atoms with E-state index < -0.39 is 0 Å². The third-order valence-electron chi connectivity index (χ3n) is 3.62. The van der Waals surface area contributed by atoms with E-state index in [0.717, 1.165) is 33.8 Å². The van der Waals surface area contributed by atoms with E-state index >= 15 is 0 Å². The Morgan fingerprint density at radius 3 is 2.42 bits per heavy atom. The first kappa shape index (κ1) is 15.7. The van der Waals surface area contributed by atoms with E-state index in [4.69, 9.17) is 0 Å². The summed E-state index contributed by atoms with van der Waals surface area (Å²) in [4.78, 5) is 25.5. The molecule has 4 aromatic rings. The molecule has 6 heteroatoms. The molecule has 0 saturated heterocycles. The predicted molar refractivity (Wildman–Crippen MR) is 93.3 cm³/mol. The topological polar surface area (TPSA) is 94.7 Å². The fourth-order valence-electron chi connectivity index (χ4n) is 2.50. The molecular formula is C18H18N4O2. The molecule has 0 spiro atoms. The lowest BCUT2D eigenvalue weighted by molar-refractivity contribution is 0.101. The number of ketones is 1. The van der Waals surface area contributed by atoms with Gasteiger partial charge in [-0.05, 0) is 51.1 Å². The largest absolute Gasteiger partial charge is 0.506 e. The van der Waals surface area contributed by atoms with Crippen molar-refractivity contribution in [2.45, 2.75) is 20.8 Å². The van der Waals surface area contributed by atoms with Crippen LogP contribution in [0.1, 0.15) is 28.9 Å². The first-order valence-electron chi connectivity index (χ1n) is 7.55. The fourth-order valence-corrected chi connectivity index (χ4v) is 2.50. The number of aromatic nitrogens is 4. The summed E-state index contributed by atoms with van der Waals surface area (Å²) in [6.45, 7) is 5.32. The molecule has 0 aliphatic carbocycles. The van der Waals surface area contributed by atoms with Crippen LogP contribution in [-0.4, -0.2) is 30.8 Å². The molecule has 0 radical (unpaired) electrons. The number of imidazole rings is 2. The molecule has 2 aromatic carbocycles. The number of H-pyrrole nitrogens is 2. The molecule has 0 aliphatic rings. The second kappa shape index (κ2) is 6.16. The summed E-state index contributed by atoms with van der Waals surface area (Å²) >= 11 is 0. The number of phenolic OH excluding ortho intramolecular Hbond substituents is 1. The van der Waals surface area contributed by atoms with Gasteiger partial charge in [-0.3, -0.25) is 4.79 Å². The number of nitrogens with one attached hydrogen (secondary N) is 2. The lowest BCUT2D eigenvalue weighted by atomic mass is 10.1. The number of hydrogen-bond donors (Lipinski definition) is 3. The number of nitrogens with zero attached hydrogens (tertiary/aromatic N) is 2. The van der Waals surface area contributed by atoms with Crippen molar-refractivity contribution in [1.82, 2.24) is 19.9 Å². The van der Waals surface area contributed by atoms with E-state index in [1.165, 1.54) is 0 Å². The number of phenols is 1. The van der Waals surface area contributed by atoms with Crippen LogP contribution in [0.3, 0.4) is 0 Å². The van der Waals surface area contributed by atoms with E-state index in [1.807, 2.05) is 32.0 Å². The number of aryl methyl sites for hydroxylation is 2. The van der Waals surface area contributed by atoms with Crippen LogP contribution >= 0.6 is 0 Å². The second-order valence-corrected chi connectivity index (χ2v) is 5.61. The highest BCUT2D eigenvalue weighted by molar-refractivity contribution is 5.97. The van der Waals surface area contributed by atoms with E-state index in [1.54, 1.807) is 25.1 Å². The average Bonchev–Trinajstić information content (AvgIpc) is 3.08. The minimum absolute atomic E-state index is 0.0779. The normalized spacial score (nSPS) is 10.6. The maximum Gasteiger partial charge on any atom is 0.159 e. The van der Waals surface area contributed by atoms with Gasteiger partial charge in [0.1, 0.15) is 22.9 Å². The van der Waals surface area contributed by atoms with Crippen LogP contribution in [0.5, 0.6) is 5.75 Å². The second-order valence-electron chi connectivity index (χ2n) is 5.61. The molecule has 0 aliphatic heterocycles. The highest BCUT2D eigenvalue weighted by atomic mass is 16.3. The van der Waals surface area contributed by atoms with Gasteiger partial charge in [0.2, 0.25) is 0 Å². The smallest absolute Gasteiger partial charge is 0.159 e. The van der Waals surface area contributed by atoms with Crippen LogP contribution in [0.4, 0.5) is 0 Å². The first-order chi connectivity index (χ1) is 11.4. The summed E-state index contributed by atoms with van der Waals surface area (Å²) in [6.07, 6.45) is 0. The van der Waals surface area contributed by atoms with Crippen molar-refractivity contribution >= 4 is 27.9 Å². The standard InChI is InChI=1S/C10H10N2O.C8H8N2O/c1-6(13)8-3-4-9-10(5-8)12-7(2)11-9;1-5-9-6-3-2-4-7(11)8(6)10-5/h3-5H,1-2H3,(H,11,12);2-4,11H,1H3,(H,9,10). The van der Waals surface area contributed by atoms with Gasteiger partial charge in [0.15, 0.2) is 5.78 Å². The Hall–Kier alpha value is -3.15. The number of benzene rings is 2. The van der Waals surface area contributed by atoms with Gasteiger partial charge >= 0.3 is 0 Å². The van der Waals surface area contributed by atoms with Crippen LogP contribution in [0.2, 0.25) is 0 Å². The third kappa shape index (κ3) is 3.12. The summed E-state index contributed by atoms with van der Waals surface area (Å²) in [5, 5.41) is 9.30. The Labute approximate surface area is 138 Å². The molecule has 24 heavy (non-hydrogen) atoms. The monoisotopic (exact) mass is 322 g/mol. The highest BCUT2D eigenvalue weighted by Crippen LogP contribution is 2.21. The SMILES string of the molecule is CC(=O)c1ccc2nc(C)[nH]c2c1.Cc1nc2c(O)cccc2[nH]1. The van der Waals surface area contributed by atoms with Crippen molar-refractivity contribution in [3.63, 3.8) is 0 Å². The number of carbonyl (C=O) groups excluding carboxylic acids is 1. The van der Waals surface area contributed by atoms with Gasteiger partial charge in [-0.1, -0.05) is 6.07 Å². The zero-order chi connectivity index (χ0) is 17.3. The fraction of sp³-hybridized carbons (Fsp3) is 0.167. The number of aromatic hydroxyl groups is 1. The maximum absolute atomic E-state index is 11.1. The summed E-state index contributed by atoms with van der Waals surface area (Å²) in [5.74, 6) is 2.00. The van der Waals surface area contributed by atoms with Crippen LogP contribution in [-0.2, 0) is 0 Å². The first-order valence-corrected chi connectivity index (χ1v) is 7.55. The summed E-state index contributed by atoms with van der Waals surface area (Å²) in [7, 11) is 0. The molecule has 4 rings (SSSR count).